The van der Waals surface area contributed by atoms with Gasteiger partial charge in [-0.3, -0.25) is 4.79 Å². The van der Waals surface area contributed by atoms with Crippen molar-refractivity contribution in [2.24, 2.45) is 5.73 Å². The first kappa shape index (κ1) is 13.2. The average molecular weight is 274 g/mol. The number of halogens is 1. The lowest BCUT2D eigenvalue weighted by atomic mass is 10.2. The van der Waals surface area contributed by atoms with Crippen molar-refractivity contribution >= 4 is 23.2 Å². The van der Waals surface area contributed by atoms with Crippen LogP contribution in [0.4, 0.5) is 5.69 Å². The smallest absolute Gasteiger partial charge is 0.272 e. The summed E-state index contributed by atoms with van der Waals surface area (Å²) in [6.45, 7) is 0.259. The molecule has 0 unspecified atom stereocenters. The highest BCUT2D eigenvalue weighted by atomic mass is 35.5. The first-order valence-corrected chi connectivity index (χ1v) is 6.01. The number of H-pyrrole nitrogens is 1. The highest BCUT2D eigenvalue weighted by Gasteiger charge is 2.07. The summed E-state index contributed by atoms with van der Waals surface area (Å²) in [6, 6.07) is 8.57. The second-order valence-corrected chi connectivity index (χ2v) is 4.15. The first-order chi connectivity index (χ1) is 9.20. The van der Waals surface area contributed by atoms with E-state index in [1.807, 2.05) is 0 Å². The molecule has 1 aromatic carbocycles. The Morgan fingerprint density at radius 3 is 2.95 bits per heavy atom. The lowest BCUT2D eigenvalue weighted by molar-refractivity contribution is 0.102. The first-order valence-electron chi connectivity index (χ1n) is 5.64. The van der Waals surface area contributed by atoms with Crippen molar-refractivity contribution < 1.29 is 4.79 Å². The van der Waals surface area contributed by atoms with Crippen LogP contribution in [0, 0.1) is 11.8 Å². The predicted molar refractivity (Wildman–Crippen MR) is 76.1 cm³/mol. The summed E-state index contributed by atoms with van der Waals surface area (Å²) < 4.78 is 0. The van der Waals surface area contributed by atoms with Crippen LogP contribution >= 0.6 is 11.6 Å². The van der Waals surface area contributed by atoms with Gasteiger partial charge >= 0.3 is 0 Å². The zero-order valence-corrected chi connectivity index (χ0v) is 10.8. The van der Waals surface area contributed by atoms with E-state index in [1.165, 1.54) is 0 Å². The van der Waals surface area contributed by atoms with Crippen molar-refractivity contribution in [1.82, 2.24) is 4.98 Å². The molecule has 0 bridgehead atoms. The van der Waals surface area contributed by atoms with Crippen LogP contribution in [0.5, 0.6) is 0 Å². The number of aromatic amines is 1. The molecule has 4 nitrogen and oxygen atoms in total. The van der Waals surface area contributed by atoms with Gasteiger partial charge in [0.15, 0.2) is 0 Å². The van der Waals surface area contributed by atoms with Crippen molar-refractivity contribution in [2.45, 2.75) is 0 Å². The Labute approximate surface area is 116 Å². The largest absolute Gasteiger partial charge is 0.357 e. The number of nitrogens with one attached hydrogen (secondary N) is 2. The molecule has 4 N–H and O–H groups in total. The summed E-state index contributed by atoms with van der Waals surface area (Å²) in [5.74, 6) is 5.37. The molecule has 0 fully saturated rings. The number of amides is 1. The van der Waals surface area contributed by atoms with Crippen LogP contribution in [0.25, 0.3) is 0 Å². The summed E-state index contributed by atoms with van der Waals surface area (Å²) in [5.41, 5.74) is 7.07. The molecule has 0 saturated carbocycles. The summed E-state index contributed by atoms with van der Waals surface area (Å²) in [6.07, 6.45) is 1.69. The van der Waals surface area contributed by atoms with Gasteiger partial charge in [0.25, 0.3) is 5.91 Å². The van der Waals surface area contributed by atoms with Crippen LogP contribution in [-0.4, -0.2) is 17.4 Å². The Bertz CT molecular complexity index is 638. The van der Waals surface area contributed by atoms with E-state index in [-0.39, 0.29) is 12.5 Å². The van der Waals surface area contributed by atoms with Crippen LogP contribution in [-0.2, 0) is 0 Å². The molecule has 0 saturated heterocycles. The number of aromatic nitrogens is 1. The minimum absolute atomic E-state index is 0.218. The molecule has 0 spiro atoms. The van der Waals surface area contributed by atoms with E-state index in [0.717, 1.165) is 0 Å². The number of carbonyl (C=O) groups is 1. The van der Waals surface area contributed by atoms with E-state index in [9.17, 15) is 4.79 Å². The zero-order valence-electron chi connectivity index (χ0n) is 10.0. The summed E-state index contributed by atoms with van der Waals surface area (Å²) in [5, 5.41) is 3.29. The third kappa shape index (κ3) is 3.38. The summed E-state index contributed by atoms with van der Waals surface area (Å²) >= 11 is 6.01. The molecule has 96 valence electrons. The molecule has 0 radical (unpaired) electrons. The van der Waals surface area contributed by atoms with E-state index in [2.05, 4.69) is 22.1 Å². The lowest BCUT2D eigenvalue weighted by Crippen LogP contribution is -2.12. The van der Waals surface area contributed by atoms with Crippen molar-refractivity contribution in [3.05, 3.63) is 52.8 Å². The van der Waals surface area contributed by atoms with Crippen molar-refractivity contribution in [1.29, 1.82) is 0 Å². The maximum Gasteiger partial charge on any atom is 0.272 e. The molecule has 1 amide bonds. The molecular formula is C14H12ClN3O. The van der Waals surface area contributed by atoms with Gasteiger partial charge in [-0.25, -0.2) is 0 Å². The van der Waals surface area contributed by atoms with Gasteiger partial charge in [-0.05, 0) is 30.3 Å². The molecule has 1 heterocycles. The SMILES string of the molecule is NCC#Cc1cc(NC(=O)c2ccc[nH]2)ccc1Cl. The Balaban J connectivity index is 2.19. The van der Waals surface area contributed by atoms with Crippen LogP contribution < -0.4 is 11.1 Å². The van der Waals surface area contributed by atoms with E-state index in [4.69, 9.17) is 17.3 Å². The number of rotatable bonds is 2. The van der Waals surface area contributed by atoms with Gasteiger partial charge in [-0.15, -0.1) is 0 Å². The Kier molecular flexibility index (Phi) is 4.24. The lowest BCUT2D eigenvalue weighted by Gasteiger charge is -2.05. The number of carbonyl (C=O) groups excluding carboxylic acids is 1. The minimum atomic E-state index is -0.218. The fourth-order valence-corrected chi connectivity index (χ4v) is 1.68. The van der Waals surface area contributed by atoms with Gasteiger partial charge in [0.05, 0.1) is 11.6 Å². The Morgan fingerprint density at radius 2 is 2.26 bits per heavy atom. The third-order valence-electron chi connectivity index (χ3n) is 2.39. The Morgan fingerprint density at radius 1 is 1.42 bits per heavy atom. The highest BCUT2D eigenvalue weighted by Crippen LogP contribution is 2.20. The van der Waals surface area contributed by atoms with E-state index in [0.29, 0.717) is 22.0 Å². The summed E-state index contributed by atoms with van der Waals surface area (Å²) in [4.78, 5) is 14.7. The zero-order chi connectivity index (χ0) is 13.7. The van der Waals surface area contributed by atoms with Crippen LogP contribution in [0.1, 0.15) is 16.1 Å². The van der Waals surface area contributed by atoms with E-state index >= 15 is 0 Å². The van der Waals surface area contributed by atoms with Crippen molar-refractivity contribution in [3.8, 4) is 11.8 Å². The summed E-state index contributed by atoms with van der Waals surface area (Å²) in [7, 11) is 0. The molecule has 0 aliphatic rings. The maximum absolute atomic E-state index is 11.9. The van der Waals surface area contributed by atoms with Crippen LogP contribution in [0.15, 0.2) is 36.5 Å². The predicted octanol–water partition coefficient (Wildman–Crippen LogP) is 2.23. The Hall–Kier alpha value is -2.22. The molecule has 5 heteroatoms. The van der Waals surface area contributed by atoms with E-state index in [1.54, 1.807) is 36.5 Å². The number of hydrogen-bond donors (Lipinski definition) is 3. The highest BCUT2D eigenvalue weighted by molar-refractivity contribution is 6.31. The van der Waals surface area contributed by atoms with Gasteiger partial charge < -0.3 is 16.0 Å². The van der Waals surface area contributed by atoms with Gasteiger partial charge in [-0.1, -0.05) is 23.4 Å². The fraction of sp³-hybridized carbons (Fsp3) is 0.0714. The topological polar surface area (TPSA) is 70.9 Å². The average Bonchev–Trinajstić information content (AvgIpc) is 2.93. The molecule has 2 rings (SSSR count). The molecular weight excluding hydrogens is 262 g/mol. The standard InChI is InChI=1S/C14H12ClN3O/c15-12-6-5-11(9-10(12)3-1-7-16)18-14(19)13-4-2-8-17-13/h2,4-6,8-9,17H,7,16H2,(H,18,19). The molecule has 0 aliphatic heterocycles. The normalized spacial score (nSPS) is 9.58. The number of benzene rings is 1. The third-order valence-corrected chi connectivity index (χ3v) is 2.72. The minimum Gasteiger partial charge on any atom is -0.357 e. The number of hydrogen-bond acceptors (Lipinski definition) is 2. The van der Waals surface area contributed by atoms with Crippen molar-refractivity contribution in [3.63, 3.8) is 0 Å². The maximum atomic E-state index is 11.9. The van der Waals surface area contributed by atoms with Gasteiger partial charge in [0.2, 0.25) is 0 Å². The number of anilines is 1. The monoisotopic (exact) mass is 273 g/mol. The van der Waals surface area contributed by atoms with Crippen molar-refractivity contribution in [2.75, 3.05) is 11.9 Å². The second-order valence-electron chi connectivity index (χ2n) is 3.74. The molecule has 0 atom stereocenters. The van der Waals surface area contributed by atoms with Gasteiger partial charge in [0.1, 0.15) is 5.69 Å². The number of nitrogens with two attached hydrogens (primary N) is 1. The van der Waals surface area contributed by atoms with Crippen LogP contribution in [0.2, 0.25) is 5.02 Å². The van der Waals surface area contributed by atoms with Gasteiger partial charge in [-0.2, -0.15) is 0 Å². The molecule has 2 aromatic rings. The van der Waals surface area contributed by atoms with E-state index < -0.39 is 0 Å². The second kappa shape index (κ2) is 6.10. The molecule has 1 aromatic heterocycles. The van der Waals surface area contributed by atoms with Crippen LogP contribution in [0.3, 0.4) is 0 Å². The quantitative estimate of drug-likeness (QED) is 0.734. The van der Waals surface area contributed by atoms with Gasteiger partial charge in [0, 0.05) is 17.4 Å². The molecule has 0 aliphatic carbocycles. The molecule has 19 heavy (non-hydrogen) atoms. The fourth-order valence-electron chi connectivity index (χ4n) is 1.52.